The van der Waals surface area contributed by atoms with E-state index in [0.717, 1.165) is 23.3 Å². The molecule has 2 aromatic carbocycles. The van der Waals surface area contributed by atoms with Crippen molar-refractivity contribution in [3.05, 3.63) is 71.3 Å². The highest BCUT2D eigenvalue weighted by Crippen LogP contribution is 2.20. The molecule has 1 heterocycles. The Hall–Kier alpha value is -3.48. The first-order chi connectivity index (χ1) is 14.9. The first kappa shape index (κ1) is 22.2. The number of ether oxygens (including phenoxy) is 1. The average molecular weight is 422 g/mol. The lowest BCUT2D eigenvalue weighted by molar-refractivity contribution is -0.157. The molecule has 2 aromatic rings. The van der Waals surface area contributed by atoms with Crippen molar-refractivity contribution in [2.75, 3.05) is 6.54 Å². The van der Waals surface area contributed by atoms with Crippen LogP contribution < -0.4 is 5.32 Å². The fourth-order valence-electron chi connectivity index (χ4n) is 3.56. The second-order valence-corrected chi connectivity index (χ2v) is 7.51. The van der Waals surface area contributed by atoms with Gasteiger partial charge in [-0.3, -0.25) is 24.1 Å². The summed E-state index contributed by atoms with van der Waals surface area (Å²) >= 11 is 0. The Morgan fingerprint density at radius 1 is 1.06 bits per heavy atom. The molecule has 31 heavy (non-hydrogen) atoms. The molecule has 7 nitrogen and oxygen atoms in total. The van der Waals surface area contributed by atoms with Crippen molar-refractivity contribution in [1.82, 2.24) is 10.2 Å². The number of carbonyl (C=O) groups is 4. The zero-order chi connectivity index (χ0) is 22.4. The molecule has 0 bridgehead atoms. The number of carbonyl (C=O) groups excluding carboxylic acids is 4. The van der Waals surface area contributed by atoms with Crippen molar-refractivity contribution in [2.24, 2.45) is 0 Å². The van der Waals surface area contributed by atoms with E-state index < -0.39 is 36.3 Å². The number of benzene rings is 2. The van der Waals surface area contributed by atoms with Gasteiger partial charge < -0.3 is 10.1 Å². The predicted molar refractivity (Wildman–Crippen MR) is 114 cm³/mol. The van der Waals surface area contributed by atoms with Crippen LogP contribution in [0.1, 0.15) is 54.2 Å². The number of nitrogens with zero attached hydrogens (tertiary/aromatic N) is 1. The van der Waals surface area contributed by atoms with Crippen LogP contribution in [0.5, 0.6) is 0 Å². The number of rotatable bonds is 8. The molecule has 0 aromatic heterocycles. The summed E-state index contributed by atoms with van der Waals surface area (Å²) in [5.74, 6) is -2.24. The molecule has 0 spiro atoms. The first-order valence-electron chi connectivity index (χ1n) is 10.4. The van der Waals surface area contributed by atoms with Crippen LogP contribution in [-0.4, -0.2) is 41.2 Å². The third-order valence-electron chi connectivity index (χ3n) is 5.20. The normalized spacial score (nSPS) is 15.1. The number of imide groups is 1. The molecule has 0 saturated heterocycles. The SMILES string of the molecule is CCC[C@H](NC(=O)[C@@H](C)OC(=O)CN1C(=O)Cc2ccccc2C1=O)c1ccccc1. The van der Waals surface area contributed by atoms with E-state index >= 15 is 0 Å². The van der Waals surface area contributed by atoms with Gasteiger partial charge in [-0.15, -0.1) is 0 Å². The summed E-state index contributed by atoms with van der Waals surface area (Å²) in [4.78, 5) is 50.7. The van der Waals surface area contributed by atoms with Crippen LogP contribution in [0.4, 0.5) is 0 Å². The Bertz CT molecular complexity index is 973. The largest absolute Gasteiger partial charge is 0.451 e. The molecular weight excluding hydrogens is 396 g/mol. The maximum atomic E-state index is 12.6. The summed E-state index contributed by atoms with van der Waals surface area (Å²) in [7, 11) is 0. The van der Waals surface area contributed by atoms with Gasteiger partial charge in [0.1, 0.15) is 6.54 Å². The Morgan fingerprint density at radius 3 is 2.45 bits per heavy atom. The summed E-state index contributed by atoms with van der Waals surface area (Å²) in [5, 5.41) is 2.91. The Kier molecular flexibility index (Phi) is 7.18. The molecule has 162 valence electrons. The smallest absolute Gasteiger partial charge is 0.326 e. The highest BCUT2D eigenvalue weighted by molar-refractivity contribution is 6.11. The molecule has 0 radical (unpaired) electrons. The van der Waals surface area contributed by atoms with E-state index in [4.69, 9.17) is 4.74 Å². The van der Waals surface area contributed by atoms with Crippen molar-refractivity contribution >= 4 is 23.7 Å². The minimum absolute atomic E-state index is 0.0427. The fourth-order valence-corrected chi connectivity index (χ4v) is 3.56. The summed E-state index contributed by atoms with van der Waals surface area (Å²) in [6, 6.07) is 16.2. The number of nitrogens with one attached hydrogen (secondary N) is 1. The van der Waals surface area contributed by atoms with Crippen LogP contribution in [-0.2, 0) is 25.5 Å². The van der Waals surface area contributed by atoms with Crippen molar-refractivity contribution in [3.63, 3.8) is 0 Å². The minimum Gasteiger partial charge on any atom is -0.451 e. The fraction of sp³-hybridized carbons (Fsp3) is 0.333. The van der Waals surface area contributed by atoms with Gasteiger partial charge >= 0.3 is 5.97 Å². The van der Waals surface area contributed by atoms with Crippen molar-refractivity contribution in [2.45, 2.75) is 45.3 Å². The molecule has 0 aliphatic carbocycles. The van der Waals surface area contributed by atoms with Gasteiger partial charge in [-0.1, -0.05) is 61.9 Å². The number of hydrogen-bond donors (Lipinski definition) is 1. The summed E-state index contributed by atoms with van der Waals surface area (Å²) < 4.78 is 5.22. The van der Waals surface area contributed by atoms with Gasteiger partial charge in [-0.25, -0.2) is 0 Å². The topological polar surface area (TPSA) is 92.8 Å². The van der Waals surface area contributed by atoms with Crippen LogP contribution in [0.2, 0.25) is 0 Å². The lowest BCUT2D eigenvalue weighted by atomic mass is 9.98. The third kappa shape index (κ3) is 5.36. The molecule has 1 aliphatic heterocycles. The van der Waals surface area contributed by atoms with Crippen LogP contribution >= 0.6 is 0 Å². The molecule has 0 fully saturated rings. The molecule has 7 heteroatoms. The second kappa shape index (κ2) is 10.0. The van der Waals surface area contributed by atoms with E-state index in [1.807, 2.05) is 37.3 Å². The standard InChI is InChI=1S/C24H26N2O5/c1-3-9-20(17-10-5-4-6-11-17)25-23(29)16(2)31-22(28)15-26-21(27)14-18-12-7-8-13-19(18)24(26)30/h4-8,10-13,16,20H,3,9,14-15H2,1-2H3,(H,25,29)/t16-,20+/m1/s1. The Morgan fingerprint density at radius 2 is 1.74 bits per heavy atom. The molecule has 1 N–H and O–H groups in total. The molecule has 3 amide bonds. The van der Waals surface area contributed by atoms with Gasteiger partial charge in [0.25, 0.3) is 11.8 Å². The van der Waals surface area contributed by atoms with Gasteiger partial charge in [-0.2, -0.15) is 0 Å². The van der Waals surface area contributed by atoms with Crippen molar-refractivity contribution in [1.29, 1.82) is 0 Å². The Balaban J connectivity index is 1.59. The third-order valence-corrected chi connectivity index (χ3v) is 5.20. The minimum atomic E-state index is -1.06. The molecule has 3 rings (SSSR count). The van der Waals surface area contributed by atoms with Crippen LogP contribution in [0, 0.1) is 0 Å². The van der Waals surface area contributed by atoms with E-state index in [9.17, 15) is 19.2 Å². The van der Waals surface area contributed by atoms with Gasteiger partial charge in [-0.05, 0) is 30.5 Å². The van der Waals surface area contributed by atoms with E-state index in [-0.39, 0.29) is 12.5 Å². The number of hydrogen-bond acceptors (Lipinski definition) is 5. The van der Waals surface area contributed by atoms with Crippen molar-refractivity contribution in [3.8, 4) is 0 Å². The van der Waals surface area contributed by atoms with E-state index in [0.29, 0.717) is 11.1 Å². The Labute approximate surface area is 181 Å². The van der Waals surface area contributed by atoms with Crippen LogP contribution in [0.25, 0.3) is 0 Å². The molecule has 2 atom stereocenters. The zero-order valence-electron chi connectivity index (χ0n) is 17.7. The van der Waals surface area contributed by atoms with Crippen molar-refractivity contribution < 1.29 is 23.9 Å². The highest BCUT2D eigenvalue weighted by Gasteiger charge is 2.33. The average Bonchev–Trinajstić information content (AvgIpc) is 2.76. The summed E-state index contributed by atoms with van der Waals surface area (Å²) in [6.07, 6.45) is 0.597. The molecular formula is C24H26N2O5. The zero-order valence-corrected chi connectivity index (χ0v) is 17.7. The number of amides is 3. The van der Waals surface area contributed by atoms with Gasteiger partial charge in [0.05, 0.1) is 12.5 Å². The van der Waals surface area contributed by atoms with Gasteiger partial charge in [0, 0.05) is 5.56 Å². The summed E-state index contributed by atoms with van der Waals surface area (Å²) in [6.45, 7) is 2.97. The molecule has 0 saturated carbocycles. The maximum absolute atomic E-state index is 12.6. The number of esters is 1. The molecule has 0 unspecified atom stereocenters. The summed E-state index contributed by atoms with van der Waals surface area (Å²) in [5.41, 5.74) is 2.00. The lowest BCUT2D eigenvalue weighted by Crippen LogP contribution is -2.46. The van der Waals surface area contributed by atoms with E-state index in [1.165, 1.54) is 6.92 Å². The lowest BCUT2D eigenvalue weighted by Gasteiger charge is -2.26. The van der Waals surface area contributed by atoms with Gasteiger partial charge in [0.2, 0.25) is 5.91 Å². The monoisotopic (exact) mass is 422 g/mol. The first-order valence-corrected chi connectivity index (χ1v) is 10.4. The van der Waals surface area contributed by atoms with Gasteiger partial charge in [0.15, 0.2) is 6.10 Å². The van der Waals surface area contributed by atoms with Crippen LogP contribution in [0.15, 0.2) is 54.6 Å². The quantitative estimate of drug-likeness (QED) is 0.522. The highest BCUT2D eigenvalue weighted by atomic mass is 16.5. The second-order valence-electron chi connectivity index (χ2n) is 7.51. The molecule has 1 aliphatic rings. The van der Waals surface area contributed by atoms with Crippen LogP contribution in [0.3, 0.4) is 0 Å². The van der Waals surface area contributed by atoms with E-state index in [2.05, 4.69) is 5.32 Å². The predicted octanol–water partition coefficient (Wildman–Crippen LogP) is 2.80. The maximum Gasteiger partial charge on any atom is 0.326 e. The van der Waals surface area contributed by atoms with E-state index in [1.54, 1.807) is 24.3 Å². The number of fused-ring (bicyclic) bond motifs is 1.